The Balaban J connectivity index is 1.71. The maximum absolute atomic E-state index is 13.0. The predicted molar refractivity (Wildman–Crippen MR) is 135 cm³/mol. The summed E-state index contributed by atoms with van der Waals surface area (Å²) in [6, 6.07) is 14.0. The Morgan fingerprint density at radius 2 is 1.51 bits per heavy atom. The van der Waals surface area contributed by atoms with Crippen molar-refractivity contribution in [3.05, 3.63) is 71.3 Å². The number of carboxylic acid groups (broad SMARTS) is 1. The quantitative estimate of drug-likeness (QED) is 0.470. The van der Waals surface area contributed by atoms with E-state index in [0.717, 1.165) is 27.8 Å². The van der Waals surface area contributed by atoms with Crippen molar-refractivity contribution in [3.63, 3.8) is 0 Å². The van der Waals surface area contributed by atoms with Crippen LogP contribution in [0.2, 0.25) is 0 Å². The number of allylic oxidation sites excluding steroid dienone is 1. The van der Waals surface area contributed by atoms with Crippen LogP contribution < -0.4 is 10.6 Å². The number of carboxylic acids is 1. The molecule has 2 aromatic rings. The van der Waals surface area contributed by atoms with Crippen LogP contribution in [0.4, 0.5) is 4.79 Å². The van der Waals surface area contributed by atoms with E-state index >= 15 is 0 Å². The van der Waals surface area contributed by atoms with Crippen LogP contribution in [0.5, 0.6) is 0 Å². The van der Waals surface area contributed by atoms with E-state index in [0.29, 0.717) is 0 Å². The molecule has 3 N–H and O–H groups in total. The summed E-state index contributed by atoms with van der Waals surface area (Å²) in [5.74, 6) is -1.80. The lowest BCUT2D eigenvalue weighted by atomic mass is 9.86. The molecule has 186 valence electrons. The monoisotopic (exact) mass is 478 g/mol. The van der Waals surface area contributed by atoms with Crippen LogP contribution in [0.3, 0.4) is 0 Å². The average Bonchev–Trinajstić information content (AvgIpc) is 3.11. The van der Waals surface area contributed by atoms with Crippen LogP contribution >= 0.6 is 0 Å². The van der Waals surface area contributed by atoms with E-state index in [9.17, 15) is 19.5 Å². The van der Waals surface area contributed by atoms with Crippen LogP contribution in [0.1, 0.15) is 58.1 Å². The van der Waals surface area contributed by atoms with Gasteiger partial charge in [-0.15, -0.1) is 0 Å². The molecule has 35 heavy (non-hydrogen) atoms. The number of carbonyl (C=O) groups excluding carboxylic acids is 2. The molecule has 7 nitrogen and oxygen atoms in total. The van der Waals surface area contributed by atoms with Gasteiger partial charge in [-0.3, -0.25) is 4.79 Å². The smallest absolute Gasteiger partial charge is 0.407 e. The van der Waals surface area contributed by atoms with Gasteiger partial charge in [0.05, 0.1) is 0 Å². The summed E-state index contributed by atoms with van der Waals surface area (Å²) in [5, 5.41) is 14.8. The van der Waals surface area contributed by atoms with Crippen LogP contribution in [-0.4, -0.2) is 41.8 Å². The number of carbonyl (C=O) groups is 3. The van der Waals surface area contributed by atoms with Gasteiger partial charge in [0.25, 0.3) is 0 Å². The van der Waals surface area contributed by atoms with E-state index in [1.807, 2.05) is 56.3 Å². The molecule has 1 aliphatic carbocycles. The van der Waals surface area contributed by atoms with E-state index < -0.39 is 35.5 Å². The highest BCUT2D eigenvalue weighted by Gasteiger charge is 2.35. The van der Waals surface area contributed by atoms with E-state index in [1.54, 1.807) is 20.8 Å². The fourth-order valence-corrected chi connectivity index (χ4v) is 4.26. The van der Waals surface area contributed by atoms with Gasteiger partial charge in [0.1, 0.15) is 18.7 Å². The van der Waals surface area contributed by atoms with Gasteiger partial charge >= 0.3 is 12.1 Å². The second kappa shape index (κ2) is 10.8. The third-order valence-electron chi connectivity index (χ3n) is 6.11. The molecule has 3 rings (SSSR count). The first kappa shape index (κ1) is 26.0. The molecule has 0 fully saturated rings. The predicted octanol–water partition coefficient (Wildman–Crippen LogP) is 4.87. The fraction of sp³-hybridized carbons (Fsp3) is 0.393. The van der Waals surface area contributed by atoms with Gasteiger partial charge in [-0.25, -0.2) is 9.59 Å². The lowest BCUT2D eigenvalue weighted by molar-refractivity contribution is -0.145. The van der Waals surface area contributed by atoms with Gasteiger partial charge < -0.3 is 20.5 Å². The van der Waals surface area contributed by atoms with Crippen molar-refractivity contribution in [1.29, 1.82) is 0 Å². The molecule has 0 aliphatic heterocycles. The summed E-state index contributed by atoms with van der Waals surface area (Å²) < 4.78 is 5.58. The fourth-order valence-electron chi connectivity index (χ4n) is 4.26. The minimum Gasteiger partial charge on any atom is -0.480 e. The Bertz CT molecular complexity index is 1080. The van der Waals surface area contributed by atoms with Gasteiger partial charge in [-0.2, -0.15) is 0 Å². The molecule has 0 spiro atoms. The molecule has 2 unspecified atom stereocenters. The first-order valence-corrected chi connectivity index (χ1v) is 11.8. The van der Waals surface area contributed by atoms with Gasteiger partial charge in [-0.1, -0.05) is 81.0 Å². The van der Waals surface area contributed by atoms with Gasteiger partial charge in [0.15, 0.2) is 0 Å². The average molecular weight is 479 g/mol. The molecule has 0 heterocycles. The largest absolute Gasteiger partial charge is 0.480 e. The lowest BCUT2D eigenvalue weighted by Crippen LogP contribution is -2.55. The highest BCUT2D eigenvalue weighted by Crippen LogP contribution is 2.44. The number of rotatable bonds is 8. The second-order valence-corrected chi connectivity index (χ2v) is 10.2. The summed E-state index contributed by atoms with van der Waals surface area (Å²) in [4.78, 5) is 37.4. The summed E-state index contributed by atoms with van der Waals surface area (Å²) in [7, 11) is 0. The zero-order chi connectivity index (χ0) is 25.8. The maximum Gasteiger partial charge on any atom is 0.407 e. The lowest BCUT2D eigenvalue weighted by Gasteiger charge is -2.29. The van der Waals surface area contributed by atoms with Gasteiger partial charge in [-0.05, 0) is 47.9 Å². The molecule has 2 atom stereocenters. The van der Waals surface area contributed by atoms with Crippen LogP contribution in [-0.2, 0) is 14.3 Å². The summed E-state index contributed by atoms with van der Waals surface area (Å²) in [6.07, 6.45) is 1.31. The van der Waals surface area contributed by atoms with Crippen molar-refractivity contribution in [2.45, 2.75) is 59.0 Å². The number of amides is 2. The van der Waals surface area contributed by atoms with Crippen molar-refractivity contribution in [1.82, 2.24) is 10.6 Å². The van der Waals surface area contributed by atoms with E-state index in [1.165, 1.54) is 0 Å². The molecule has 0 aromatic heterocycles. The zero-order valence-corrected chi connectivity index (χ0v) is 20.9. The standard InChI is InChI=1S/C28H34N2O5/c1-17(2)14-15-23(25(31)30-24(26(32)33)28(3,4)5)29-27(34)35-16-22-20-12-8-6-10-18(20)19-11-7-9-13-21(19)22/h6-14,22-24H,15-16H2,1-5H3,(H,29,34)(H,30,31)(H,32,33). The number of alkyl carbamates (subject to hydrolysis) is 1. The van der Waals surface area contributed by atoms with Crippen LogP contribution in [0, 0.1) is 5.41 Å². The number of nitrogens with one attached hydrogen (secondary N) is 2. The van der Waals surface area contributed by atoms with Crippen molar-refractivity contribution < 1.29 is 24.2 Å². The third-order valence-corrected chi connectivity index (χ3v) is 6.11. The first-order chi connectivity index (χ1) is 16.5. The van der Waals surface area contributed by atoms with E-state index in [-0.39, 0.29) is 18.9 Å². The topological polar surface area (TPSA) is 105 Å². The normalized spacial score (nSPS) is 14.2. The highest BCUT2D eigenvalue weighted by atomic mass is 16.5. The zero-order valence-electron chi connectivity index (χ0n) is 20.9. The maximum atomic E-state index is 13.0. The Morgan fingerprint density at radius 1 is 0.971 bits per heavy atom. The van der Waals surface area contributed by atoms with E-state index in [2.05, 4.69) is 22.8 Å². The van der Waals surface area contributed by atoms with Gasteiger partial charge in [0.2, 0.25) is 5.91 Å². The number of benzene rings is 2. The third kappa shape index (κ3) is 6.29. The summed E-state index contributed by atoms with van der Waals surface area (Å²) in [5.41, 5.74) is 4.71. The molecule has 0 saturated heterocycles. The number of hydrogen-bond acceptors (Lipinski definition) is 4. The summed E-state index contributed by atoms with van der Waals surface area (Å²) in [6.45, 7) is 9.09. The Labute approximate surface area is 206 Å². The van der Waals surface area contributed by atoms with Crippen molar-refractivity contribution in [2.75, 3.05) is 6.61 Å². The minimum atomic E-state index is -1.13. The second-order valence-electron chi connectivity index (χ2n) is 10.2. The Hall–Kier alpha value is -3.61. The van der Waals surface area contributed by atoms with Crippen molar-refractivity contribution in [3.8, 4) is 11.1 Å². The van der Waals surface area contributed by atoms with Crippen molar-refractivity contribution >= 4 is 18.0 Å². The SMILES string of the molecule is CC(C)=CCC(NC(=O)OCC1c2ccccc2-c2ccccc21)C(=O)NC(C(=O)O)C(C)(C)C. The molecule has 1 aliphatic rings. The number of hydrogen-bond donors (Lipinski definition) is 3. The molecule has 2 amide bonds. The van der Waals surface area contributed by atoms with Crippen molar-refractivity contribution in [2.24, 2.45) is 5.41 Å². The van der Waals surface area contributed by atoms with Crippen LogP contribution in [0.25, 0.3) is 11.1 Å². The van der Waals surface area contributed by atoms with Crippen LogP contribution in [0.15, 0.2) is 60.2 Å². The molecular formula is C28H34N2O5. The summed E-state index contributed by atoms with van der Waals surface area (Å²) >= 11 is 0. The minimum absolute atomic E-state index is 0.101. The molecule has 2 aromatic carbocycles. The first-order valence-electron chi connectivity index (χ1n) is 11.8. The molecule has 7 heteroatoms. The Kier molecular flexibility index (Phi) is 7.99. The highest BCUT2D eigenvalue weighted by molar-refractivity contribution is 5.89. The van der Waals surface area contributed by atoms with Gasteiger partial charge in [0, 0.05) is 5.92 Å². The number of ether oxygens (including phenoxy) is 1. The number of fused-ring (bicyclic) bond motifs is 3. The van der Waals surface area contributed by atoms with E-state index in [4.69, 9.17) is 4.74 Å². The number of aliphatic carboxylic acids is 1. The molecular weight excluding hydrogens is 444 g/mol. The molecule has 0 bridgehead atoms. The molecule has 0 radical (unpaired) electrons. The Morgan fingerprint density at radius 3 is 2.00 bits per heavy atom. The molecule has 0 saturated carbocycles.